The van der Waals surface area contributed by atoms with Gasteiger partial charge in [-0.1, -0.05) is 20.8 Å². The highest BCUT2D eigenvalue weighted by molar-refractivity contribution is 5.84. The summed E-state index contributed by atoms with van der Waals surface area (Å²) in [5.74, 6) is 0.181. The van der Waals surface area contributed by atoms with E-state index >= 15 is 0 Å². The highest BCUT2D eigenvalue weighted by atomic mass is 16.5. The SMILES string of the molecule is CC(C)(C)OC1CCC(OCC(=O)C(C)(C)C)CC1. The van der Waals surface area contributed by atoms with Gasteiger partial charge in [-0.05, 0) is 46.5 Å². The fourth-order valence-corrected chi connectivity index (χ4v) is 2.23. The largest absolute Gasteiger partial charge is 0.373 e. The van der Waals surface area contributed by atoms with Crippen molar-refractivity contribution in [2.75, 3.05) is 6.61 Å². The van der Waals surface area contributed by atoms with E-state index < -0.39 is 0 Å². The molecule has 1 aliphatic carbocycles. The van der Waals surface area contributed by atoms with E-state index in [2.05, 4.69) is 20.8 Å². The molecule has 0 spiro atoms. The Bertz CT molecular complexity index is 288. The molecule has 1 saturated carbocycles. The molecule has 1 aliphatic rings. The van der Waals surface area contributed by atoms with Gasteiger partial charge in [0, 0.05) is 5.41 Å². The van der Waals surface area contributed by atoms with Crippen molar-refractivity contribution in [3.8, 4) is 0 Å². The van der Waals surface area contributed by atoms with Gasteiger partial charge in [-0.25, -0.2) is 0 Å². The van der Waals surface area contributed by atoms with Crippen LogP contribution in [0.1, 0.15) is 67.2 Å². The van der Waals surface area contributed by atoms with Gasteiger partial charge in [0.2, 0.25) is 0 Å². The van der Waals surface area contributed by atoms with Crippen LogP contribution in [0.4, 0.5) is 0 Å². The molecule has 3 heteroatoms. The average molecular weight is 270 g/mol. The number of Topliss-reactive ketones (excluding diaryl/α,β-unsaturated/α-hetero) is 1. The molecule has 0 atom stereocenters. The number of hydrogen-bond acceptors (Lipinski definition) is 3. The fraction of sp³-hybridized carbons (Fsp3) is 0.938. The van der Waals surface area contributed by atoms with Crippen molar-refractivity contribution in [2.24, 2.45) is 5.41 Å². The van der Waals surface area contributed by atoms with Gasteiger partial charge >= 0.3 is 0 Å². The predicted molar refractivity (Wildman–Crippen MR) is 77.3 cm³/mol. The molecule has 0 unspecified atom stereocenters. The third kappa shape index (κ3) is 6.53. The zero-order chi connectivity index (χ0) is 14.7. The van der Waals surface area contributed by atoms with Crippen LogP contribution in [0, 0.1) is 5.41 Å². The Morgan fingerprint density at radius 1 is 0.947 bits per heavy atom. The van der Waals surface area contributed by atoms with Gasteiger partial charge in [0.05, 0.1) is 17.8 Å². The van der Waals surface area contributed by atoms with Crippen LogP contribution in [0.2, 0.25) is 0 Å². The maximum Gasteiger partial charge on any atom is 0.163 e. The summed E-state index contributed by atoms with van der Waals surface area (Å²) in [5, 5.41) is 0. The van der Waals surface area contributed by atoms with Crippen molar-refractivity contribution in [3.63, 3.8) is 0 Å². The molecule has 1 rings (SSSR count). The first kappa shape index (κ1) is 16.6. The molecule has 0 bridgehead atoms. The van der Waals surface area contributed by atoms with E-state index in [9.17, 15) is 4.79 Å². The minimum absolute atomic E-state index is 0.0689. The van der Waals surface area contributed by atoms with Crippen LogP contribution >= 0.6 is 0 Å². The van der Waals surface area contributed by atoms with Gasteiger partial charge in [-0.3, -0.25) is 4.79 Å². The topological polar surface area (TPSA) is 35.5 Å². The first-order chi connectivity index (χ1) is 8.58. The zero-order valence-corrected chi connectivity index (χ0v) is 13.4. The third-order valence-corrected chi connectivity index (χ3v) is 3.43. The van der Waals surface area contributed by atoms with Gasteiger partial charge in [-0.15, -0.1) is 0 Å². The lowest BCUT2D eigenvalue weighted by molar-refractivity contribution is -0.135. The lowest BCUT2D eigenvalue weighted by Gasteiger charge is -2.33. The second-order valence-corrected chi connectivity index (χ2v) is 7.61. The first-order valence-corrected chi connectivity index (χ1v) is 7.40. The van der Waals surface area contributed by atoms with Gasteiger partial charge in [0.15, 0.2) is 5.78 Å². The van der Waals surface area contributed by atoms with E-state index in [4.69, 9.17) is 9.47 Å². The van der Waals surface area contributed by atoms with E-state index in [1.165, 1.54) is 0 Å². The van der Waals surface area contributed by atoms with Crippen molar-refractivity contribution in [3.05, 3.63) is 0 Å². The number of carbonyl (C=O) groups excluding carboxylic acids is 1. The van der Waals surface area contributed by atoms with Crippen LogP contribution in [-0.2, 0) is 14.3 Å². The highest BCUT2D eigenvalue weighted by Crippen LogP contribution is 2.27. The van der Waals surface area contributed by atoms with Crippen LogP contribution in [-0.4, -0.2) is 30.2 Å². The molecule has 112 valence electrons. The molecule has 0 radical (unpaired) electrons. The van der Waals surface area contributed by atoms with E-state index in [-0.39, 0.29) is 29.5 Å². The lowest BCUT2D eigenvalue weighted by Crippen LogP contribution is -2.34. The first-order valence-electron chi connectivity index (χ1n) is 7.40. The quantitative estimate of drug-likeness (QED) is 0.780. The van der Waals surface area contributed by atoms with Gasteiger partial charge in [0.25, 0.3) is 0 Å². The molecule has 0 amide bonds. The summed E-state index contributed by atoms with van der Waals surface area (Å²) in [6.07, 6.45) is 4.64. The van der Waals surface area contributed by atoms with Crippen LogP contribution < -0.4 is 0 Å². The molecular weight excluding hydrogens is 240 g/mol. The van der Waals surface area contributed by atoms with E-state index in [1.54, 1.807) is 0 Å². The summed E-state index contributed by atoms with van der Waals surface area (Å²) in [6.45, 7) is 12.3. The van der Waals surface area contributed by atoms with Crippen molar-refractivity contribution in [1.29, 1.82) is 0 Å². The number of hydrogen-bond donors (Lipinski definition) is 0. The van der Waals surface area contributed by atoms with Gasteiger partial charge in [-0.2, -0.15) is 0 Å². The molecule has 0 heterocycles. The molecule has 3 nitrogen and oxygen atoms in total. The Balaban J connectivity index is 2.26. The summed E-state index contributed by atoms with van der Waals surface area (Å²) in [5.41, 5.74) is -0.368. The summed E-state index contributed by atoms with van der Waals surface area (Å²) in [7, 11) is 0. The van der Waals surface area contributed by atoms with E-state index in [1.807, 2.05) is 20.8 Å². The Morgan fingerprint density at radius 3 is 1.84 bits per heavy atom. The molecular formula is C16H30O3. The second kappa shape index (κ2) is 6.36. The maximum absolute atomic E-state index is 11.8. The van der Waals surface area contributed by atoms with E-state index in [0.29, 0.717) is 6.10 Å². The number of carbonyl (C=O) groups is 1. The van der Waals surface area contributed by atoms with Crippen molar-refractivity contribution < 1.29 is 14.3 Å². The molecule has 0 saturated heterocycles. The van der Waals surface area contributed by atoms with Crippen LogP contribution in [0.15, 0.2) is 0 Å². The normalized spacial score (nSPS) is 25.4. The van der Waals surface area contributed by atoms with Gasteiger partial charge in [0.1, 0.15) is 6.61 Å². The maximum atomic E-state index is 11.8. The molecule has 19 heavy (non-hydrogen) atoms. The third-order valence-electron chi connectivity index (χ3n) is 3.43. The van der Waals surface area contributed by atoms with Crippen molar-refractivity contribution in [2.45, 2.75) is 85.0 Å². The number of rotatable bonds is 4. The number of ether oxygens (including phenoxy) is 2. The average Bonchev–Trinajstić information content (AvgIpc) is 2.24. The summed E-state index contributed by atoms with van der Waals surface area (Å²) >= 11 is 0. The highest BCUT2D eigenvalue weighted by Gasteiger charge is 2.27. The fourth-order valence-electron chi connectivity index (χ4n) is 2.23. The molecule has 0 N–H and O–H groups in total. The minimum Gasteiger partial charge on any atom is -0.373 e. The minimum atomic E-state index is -0.299. The molecule has 0 aromatic heterocycles. The smallest absolute Gasteiger partial charge is 0.163 e. The Labute approximate surface area is 118 Å². The Kier molecular flexibility index (Phi) is 5.57. The molecule has 0 aliphatic heterocycles. The van der Waals surface area contributed by atoms with Crippen LogP contribution in [0.3, 0.4) is 0 Å². The molecule has 1 fully saturated rings. The lowest BCUT2D eigenvalue weighted by atomic mass is 9.91. The Hall–Kier alpha value is -0.410. The summed E-state index contributed by atoms with van der Waals surface area (Å²) in [6, 6.07) is 0. The van der Waals surface area contributed by atoms with Crippen molar-refractivity contribution >= 4 is 5.78 Å². The monoisotopic (exact) mass is 270 g/mol. The van der Waals surface area contributed by atoms with Crippen LogP contribution in [0.25, 0.3) is 0 Å². The zero-order valence-electron chi connectivity index (χ0n) is 13.4. The molecule has 0 aromatic rings. The second-order valence-electron chi connectivity index (χ2n) is 7.61. The number of ketones is 1. The Morgan fingerprint density at radius 2 is 1.42 bits per heavy atom. The van der Waals surface area contributed by atoms with E-state index in [0.717, 1.165) is 25.7 Å². The molecule has 0 aromatic carbocycles. The summed E-state index contributed by atoms with van der Waals surface area (Å²) in [4.78, 5) is 11.8. The standard InChI is InChI=1S/C16H30O3/c1-15(2,3)14(17)11-18-12-7-9-13(10-8-12)19-16(4,5)6/h12-13H,7-11H2,1-6H3. The van der Waals surface area contributed by atoms with Crippen LogP contribution in [0.5, 0.6) is 0 Å². The van der Waals surface area contributed by atoms with Crippen molar-refractivity contribution in [1.82, 2.24) is 0 Å². The predicted octanol–water partition coefficient (Wildman–Crippen LogP) is 3.74. The summed E-state index contributed by atoms with van der Waals surface area (Å²) < 4.78 is 11.7. The van der Waals surface area contributed by atoms with Gasteiger partial charge < -0.3 is 9.47 Å².